The Kier molecular flexibility index (Phi) is 3.73. The SMILES string of the molecule is CN(C)C(=O)c1c(-c2ccc(Br)cc2)csc1N. The van der Waals surface area contributed by atoms with Gasteiger partial charge in [0.2, 0.25) is 0 Å². The molecule has 1 aromatic heterocycles. The summed E-state index contributed by atoms with van der Waals surface area (Å²) in [5.41, 5.74) is 8.39. The Morgan fingerprint density at radius 1 is 1.28 bits per heavy atom. The predicted molar refractivity (Wildman–Crippen MR) is 79.9 cm³/mol. The molecule has 0 saturated heterocycles. The van der Waals surface area contributed by atoms with E-state index in [1.165, 1.54) is 11.3 Å². The highest BCUT2D eigenvalue weighted by Crippen LogP contribution is 2.34. The predicted octanol–water partition coefficient (Wildman–Crippen LogP) is 3.46. The highest BCUT2D eigenvalue weighted by molar-refractivity contribution is 9.10. The highest BCUT2D eigenvalue weighted by Gasteiger charge is 2.19. The van der Waals surface area contributed by atoms with Gasteiger partial charge in [-0.05, 0) is 17.7 Å². The fourth-order valence-corrected chi connectivity index (χ4v) is 2.74. The summed E-state index contributed by atoms with van der Waals surface area (Å²) in [4.78, 5) is 13.7. The number of halogens is 1. The van der Waals surface area contributed by atoms with E-state index in [0.29, 0.717) is 10.6 Å². The van der Waals surface area contributed by atoms with Gasteiger partial charge in [-0.1, -0.05) is 28.1 Å². The van der Waals surface area contributed by atoms with Gasteiger partial charge in [0.05, 0.1) is 10.6 Å². The molecule has 0 aliphatic carbocycles. The van der Waals surface area contributed by atoms with E-state index in [1.54, 1.807) is 19.0 Å². The van der Waals surface area contributed by atoms with Crippen LogP contribution in [0.2, 0.25) is 0 Å². The Balaban J connectivity index is 2.52. The molecule has 0 radical (unpaired) electrons. The zero-order valence-corrected chi connectivity index (χ0v) is 12.5. The van der Waals surface area contributed by atoms with Gasteiger partial charge in [-0.15, -0.1) is 11.3 Å². The maximum absolute atomic E-state index is 12.1. The van der Waals surface area contributed by atoms with Crippen molar-refractivity contribution >= 4 is 38.2 Å². The zero-order chi connectivity index (χ0) is 13.3. The number of hydrogen-bond donors (Lipinski definition) is 1. The minimum atomic E-state index is -0.0633. The van der Waals surface area contributed by atoms with Gasteiger partial charge in [0.15, 0.2) is 0 Å². The highest BCUT2D eigenvalue weighted by atomic mass is 79.9. The number of amides is 1. The first-order valence-electron chi connectivity index (χ1n) is 5.35. The van der Waals surface area contributed by atoms with E-state index in [-0.39, 0.29) is 5.91 Å². The number of nitrogen functional groups attached to an aromatic ring is 1. The molecule has 2 rings (SSSR count). The van der Waals surface area contributed by atoms with Gasteiger partial charge in [-0.2, -0.15) is 0 Å². The summed E-state index contributed by atoms with van der Waals surface area (Å²) in [6, 6.07) is 7.84. The van der Waals surface area contributed by atoms with Crippen molar-refractivity contribution in [2.45, 2.75) is 0 Å². The van der Waals surface area contributed by atoms with Crippen molar-refractivity contribution in [1.82, 2.24) is 4.90 Å². The molecule has 0 aliphatic heterocycles. The number of thiophene rings is 1. The van der Waals surface area contributed by atoms with Crippen molar-refractivity contribution in [3.63, 3.8) is 0 Å². The lowest BCUT2D eigenvalue weighted by atomic mass is 10.0. The molecule has 0 aliphatic rings. The fraction of sp³-hybridized carbons (Fsp3) is 0.154. The fourth-order valence-electron chi connectivity index (χ4n) is 1.66. The van der Waals surface area contributed by atoms with Crippen LogP contribution in [-0.4, -0.2) is 24.9 Å². The summed E-state index contributed by atoms with van der Waals surface area (Å²) >= 11 is 4.79. The van der Waals surface area contributed by atoms with Gasteiger partial charge in [-0.25, -0.2) is 0 Å². The summed E-state index contributed by atoms with van der Waals surface area (Å²) in [5, 5.41) is 2.49. The van der Waals surface area contributed by atoms with Gasteiger partial charge in [0.1, 0.15) is 0 Å². The van der Waals surface area contributed by atoms with Crippen molar-refractivity contribution in [2.75, 3.05) is 19.8 Å². The lowest BCUT2D eigenvalue weighted by Gasteiger charge is -2.12. The van der Waals surface area contributed by atoms with Crippen LogP contribution in [-0.2, 0) is 0 Å². The van der Waals surface area contributed by atoms with Crippen LogP contribution in [0.3, 0.4) is 0 Å². The first-order chi connectivity index (χ1) is 8.50. The third kappa shape index (κ3) is 2.42. The molecular formula is C13H13BrN2OS. The molecule has 0 atom stereocenters. The number of anilines is 1. The third-order valence-corrected chi connectivity index (χ3v) is 3.94. The number of carbonyl (C=O) groups is 1. The van der Waals surface area contributed by atoms with Crippen LogP contribution in [0.5, 0.6) is 0 Å². The minimum Gasteiger partial charge on any atom is -0.390 e. The van der Waals surface area contributed by atoms with Gasteiger partial charge in [0.25, 0.3) is 5.91 Å². The van der Waals surface area contributed by atoms with Gasteiger partial charge in [0, 0.05) is 29.5 Å². The van der Waals surface area contributed by atoms with E-state index in [9.17, 15) is 4.79 Å². The molecule has 0 saturated carbocycles. The second-order valence-corrected chi connectivity index (χ2v) is 5.92. The van der Waals surface area contributed by atoms with Crippen LogP contribution >= 0.6 is 27.3 Å². The van der Waals surface area contributed by atoms with Gasteiger partial charge >= 0.3 is 0 Å². The average Bonchev–Trinajstić information content (AvgIpc) is 2.71. The van der Waals surface area contributed by atoms with E-state index in [4.69, 9.17) is 5.73 Å². The summed E-state index contributed by atoms with van der Waals surface area (Å²) in [6.45, 7) is 0. The topological polar surface area (TPSA) is 46.3 Å². The summed E-state index contributed by atoms with van der Waals surface area (Å²) < 4.78 is 1.01. The second-order valence-electron chi connectivity index (χ2n) is 4.10. The molecule has 0 bridgehead atoms. The number of carbonyl (C=O) groups excluding carboxylic acids is 1. The lowest BCUT2D eigenvalue weighted by Crippen LogP contribution is -2.22. The molecule has 18 heavy (non-hydrogen) atoms. The molecule has 0 unspecified atom stereocenters. The van der Waals surface area contributed by atoms with Gasteiger partial charge in [-0.3, -0.25) is 4.79 Å². The maximum Gasteiger partial charge on any atom is 0.256 e. The number of nitrogens with two attached hydrogens (primary N) is 1. The van der Waals surface area contributed by atoms with E-state index < -0.39 is 0 Å². The van der Waals surface area contributed by atoms with Crippen LogP contribution in [0.25, 0.3) is 11.1 Å². The number of benzene rings is 1. The number of hydrogen-bond acceptors (Lipinski definition) is 3. The van der Waals surface area contributed by atoms with Crippen LogP contribution in [0, 0.1) is 0 Å². The summed E-state index contributed by atoms with van der Waals surface area (Å²) in [5.74, 6) is -0.0633. The summed E-state index contributed by atoms with van der Waals surface area (Å²) in [7, 11) is 3.45. The molecule has 1 heterocycles. The average molecular weight is 325 g/mol. The molecule has 3 nitrogen and oxygen atoms in total. The molecular weight excluding hydrogens is 312 g/mol. The van der Waals surface area contributed by atoms with E-state index in [2.05, 4.69) is 15.9 Å². The van der Waals surface area contributed by atoms with Gasteiger partial charge < -0.3 is 10.6 Å². The normalized spacial score (nSPS) is 10.4. The smallest absolute Gasteiger partial charge is 0.256 e. The molecule has 2 N–H and O–H groups in total. The molecule has 94 valence electrons. The third-order valence-electron chi connectivity index (χ3n) is 2.59. The first kappa shape index (κ1) is 13.1. The van der Waals surface area contributed by atoms with Crippen LogP contribution in [0.1, 0.15) is 10.4 Å². The Morgan fingerprint density at radius 2 is 1.89 bits per heavy atom. The Hall–Kier alpha value is -1.33. The summed E-state index contributed by atoms with van der Waals surface area (Å²) in [6.07, 6.45) is 0. The van der Waals surface area contributed by atoms with Crippen molar-refractivity contribution in [3.8, 4) is 11.1 Å². The van der Waals surface area contributed by atoms with E-state index in [1.807, 2.05) is 29.6 Å². The van der Waals surface area contributed by atoms with Crippen LogP contribution in [0.4, 0.5) is 5.00 Å². The lowest BCUT2D eigenvalue weighted by molar-refractivity contribution is 0.0830. The van der Waals surface area contributed by atoms with E-state index in [0.717, 1.165) is 15.6 Å². The molecule has 0 spiro atoms. The van der Waals surface area contributed by atoms with Crippen molar-refractivity contribution < 1.29 is 4.79 Å². The van der Waals surface area contributed by atoms with Crippen molar-refractivity contribution in [2.24, 2.45) is 0 Å². The first-order valence-corrected chi connectivity index (χ1v) is 7.02. The van der Waals surface area contributed by atoms with E-state index >= 15 is 0 Å². The molecule has 0 fully saturated rings. The van der Waals surface area contributed by atoms with Crippen molar-refractivity contribution in [3.05, 3.63) is 39.7 Å². The number of nitrogens with zero attached hydrogens (tertiary/aromatic N) is 1. The van der Waals surface area contributed by atoms with Crippen LogP contribution in [0.15, 0.2) is 34.1 Å². The largest absolute Gasteiger partial charge is 0.390 e. The maximum atomic E-state index is 12.1. The molecule has 2 aromatic rings. The van der Waals surface area contributed by atoms with Crippen molar-refractivity contribution in [1.29, 1.82) is 0 Å². The molecule has 1 aromatic carbocycles. The zero-order valence-electron chi connectivity index (χ0n) is 10.1. The standard InChI is InChI=1S/C13H13BrN2OS/c1-16(2)13(17)11-10(7-18-12(11)15)8-3-5-9(14)6-4-8/h3-7H,15H2,1-2H3. The Labute approximate surface area is 118 Å². The molecule has 5 heteroatoms. The number of rotatable bonds is 2. The monoisotopic (exact) mass is 324 g/mol. The van der Waals surface area contributed by atoms with Crippen LogP contribution < -0.4 is 5.73 Å². The Bertz CT molecular complexity index is 575. The minimum absolute atomic E-state index is 0.0633. The second kappa shape index (κ2) is 5.12. The Morgan fingerprint density at radius 3 is 2.44 bits per heavy atom. The quantitative estimate of drug-likeness (QED) is 0.919. The molecule has 1 amide bonds.